The molecule has 2 saturated heterocycles. The molecule has 2 fully saturated rings. The topological polar surface area (TPSA) is 74.2 Å². The maximum atomic E-state index is 11.9. The lowest BCUT2D eigenvalue weighted by molar-refractivity contribution is -0.00832. The number of aryl methyl sites for hydroxylation is 1. The van der Waals surface area contributed by atoms with Gasteiger partial charge in [-0.3, -0.25) is 4.99 Å². The summed E-state index contributed by atoms with van der Waals surface area (Å²) < 4.78 is 31.4. The lowest BCUT2D eigenvalue weighted by Gasteiger charge is -2.36. The minimum absolute atomic E-state index is 0.0164. The largest absolute Gasteiger partial charge is 0.370 e. The van der Waals surface area contributed by atoms with E-state index in [1.807, 2.05) is 19.1 Å². The van der Waals surface area contributed by atoms with E-state index in [0.29, 0.717) is 32.7 Å². The summed E-state index contributed by atoms with van der Waals surface area (Å²) in [6.45, 7) is 8.59. The van der Waals surface area contributed by atoms with Crippen molar-refractivity contribution in [1.29, 1.82) is 0 Å². The van der Waals surface area contributed by atoms with Gasteiger partial charge in [0.1, 0.15) is 6.10 Å². The molecule has 1 atom stereocenters. The van der Waals surface area contributed by atoms with Gasteiger partial charge in [-0.2, -0.15) is 0 Å². The summed E-state index contributed by atoms with van der Waals surface area (Å²) in [5.41, 5.74) is 2.44. The van der Waals surface area contributed by atoms with Gasteiger partial charge in [0, 0.05) is 26.2 Å². The highest BCUT2D eigenvalue weighted by Gasteiger charge is 2.28. The van der Waals surface area contributed by atoms with E-state index >= 15 is 0 Å². The van der Waals surface area contributed by atoms with Crippen LogP contribution in [0.3, 0.4) is 0 Å². The third-order valence-electron chi connectivity index (χ3n) is 5.05. The van der Waals surface area contributed by atoms with Gasteiger partial charge in [0.25, 0.3) is 0 Å². The molecule has 3 rings (SSSR count). The van der Waals surface area contributed by atoms with Crippen LogP contribution in [0.15, 0.2) is 29.3 Å². The first-order valence-electron chi connectivity index (χ1n) is 9.69. The summed E-state index contributed by atoms with van der Waals surface area (Å²) in [6, 6.07) is 8.30. The van der Waals surface area contributed by atoms with Crippen LogP contribution in [0.4, 0.5) is 0 Å². The third kappa shape index (κ3) is 5.00. The van der Waals surface area contributed by atoms with Crippen molar-refractivity contribution in [2.75, 3.05) is 51.6 Å². The molecular formula is C19H30N4O3S. The van der Waals surface area contributed by atoms with E-state index in [9.17, 15) is 8.42 Å². The molecular weight excluding hydrogens is 364 g/mol. The van der Waals surface area contributed by atoms with Crippen LogP contribution in [0.25, 0.3) is 0 Å². The number of rotatable bonds is 5. The van der Waals surface area contributed by atoms with E-state index < -0.39 is 10.0 Å². The van der Waals surface area contributed by atoms with Crippen LogP contribution in [-0.4, -0.2) is 75.2 Å². The predicted molar refractivity (Wildman–Crippen MR) is 107 cm³/mol. The molecule has 0 bridgehead atoms. The first kappa shape index (κ1) is 20.1. The average Bonchev–Trinajstić information content (AvgIpc) is 3.00. The number of sulfonamides is 1. The molecule has 27 heavy (non-hydrogen) atoms. The summed E-state index contributed by atoms with van der Waals surface area (Å²) >= 11 is 0. The van der Waals surface area contributed by atoms with Gasteiger partial charge in [-0.1, -0.05) is 24.3 Å². The van der Waals surface area contributed by atoms with Crippen LogP contribution in [-0.2, 0) is 14.8 Å². The average molecular weight is 395 g/mol. The lowest BCUT2D eigenvalue weighted by atomic mass is 10.0. The highest BCUT2D eigenvalue weighted by molar-refractivity contribution is 7.89. The number of nitrogens with zero attached hydrogens (tertiary/aromatic N) is 3. The van der Waals surface area contributed by atoms with Crippen LogP contribution in [0.2, 0.25) is 0 Å². The standard InChI is InChI=1S/C19H30N4O3S/c1-3-20-19(21-9-11-23-10-6-14-27(23,24)25)22-12-13-26-18(15-22)17-8-5-4-7-16(17)2/h4-5,7-8,18H,3,6,9-15H2,1-2H3,(H,20,21). The van der Waals surface area contributed by atoms with Gasteiger partial charge < -0.3 is 15.0 Å². The van der Waals surface area contributed by atoms with Crippen LogP contribution < -0.4 is 5.32 Å². The fraction of sp³-hybridized carbons (Fsp3) is 0.632. The summed E-state index contributed by atoms with van der Waals surface area (Å²) in [5, 5.41) is 3.34. The van der Waals surface area contributed by atoms with Crippen molar-refractivity contribution in [3.8, 4) is 0 Å². The Morgan fingerprint density at radius 2 is 2.15 bits per heavy atom. The zero-order valence-corrected chi connectivity index (χ0v) is 17.0. The highest BCUT2D eigenvalue weighted by Crippen LogP contribution is 2.25. The van der Waals surface area contributed by atoms with Gasteiger partial charge >= 0.3 is 0 Å². The van der Waals surface area contributed by atoms with Gasteiger partial charge in [-0.15, -0.1) is 0 Å². The Kier molecular flexibility index (Phi) is 6.73. The fourth-order valence-electron chi connectivity index (χ4n) is 3.61. The summed E-state index contributed by atoms with van der Waals surface area (Å²) in [4.78, 5) is 6.90. The summed E-state index contributed by atoms with van der Waals surface area (Å²) in [7, 11) is -3.06. The molecule has 8 heteroatoms. The molecule has 1 aromatic carbocycles. The van der Waals surface area contributed by atoms with E-state index in [1.54, 1.807) is 4.31 Å². The molecule has 0 radical (unpaired) electrons. The van der Waals surface area contributed by atoms with Crippen molar-refractivity contribution < 1.29 is 13.2 Å². The van der Waals surface area contributed by atoms with Crippen LogP contribution in [0.5, 0.6) is 0 Å². The zero-order valence-electron chi connectivity index (χ0n) is 16.2. The van der Waals surface area contributed by atoms with Crippen molar-refractivity contribution in [3.63, 3.8) is 0 Å². The van der Waals surface area contributed by atoms with Gasteiger partial charge in [0.2, 0.25) is 10.0 Å². The molecule has 7 nitrogen and oxygen atoms in total. The molecule has 2 aliphatic rings. The first-order chi connectivity index (χ1) is 13.0. The zero-order chi connectivity index (χ0) is 19.3. The fourth-order valence-corrected chi connectivity index (χ4v) is 5.13. The SMILES string of the molecule is CCNC(=NCCN1CCCS1(=O)=O)N1CCOC(c2ccccc2C)C1. The number of ether oxygens (including phenoxy) is 1. The quantitative estimate of drug-likeness (QED) is 0.603. The van der Waals surface area contributed by atoms with Gasteiger partial charge in [0.05, 0.1) is 25.4 Å². The van der Waals surface area contributed by atoms with Gasteiger partial charge in [-0.25, -0.2) is 12.7 Å². The van der Waals surface area contributed by atoms with Crippen molar-refractivity contribution in [2.45, 2.75) is 26.4 Å². The van der Waals surface area contributed by atoms with E-state index in [0.717, 1.165) is 25.6 Å². The van der Waals surface area contributed by atoms with Crippen LogP contribution in [0, 0.1) is 6.92 Å². The Balaban J connectivity index is 1.65. The second kappa shape index (κ2) is 9.03. The molecule has 0 amide bonds. The highest BCUT2D eigenvalue weighted by atomic mass is 32.2. The van der Waals surface area contributed by atoms with E-state index in [1.165, 1.54) is 11.1 Å². The second-order valence-corrected chi connectivity index (χ2v) is 9.05. The number of aliphatic imine (C=N–C) groups is 1. The number of guanidine groups is 1. The number of nitrogens with one attached hydrogen (secondary N) is 1. The monoisotopic (exact) mass is 394 g/mol. The normalized spacial score (nSPS) is 23.6. The molecule has 0 aliphatic carbocycles. The maximum absolute atomic E-state index is 11.9. The number of benzene rings is 1. The van der Waals surface area contributed by atoms with Crippen molar-refractivity contribution in [3.05, 3.63) is 35.4 Å². The van der Waals surface area contributed by atoms with Gasteiger partial charge in [-0.05, 0) is 31.4 Å². The molecule has 2 heterocycles. The van der Waals surface area contributed by atoms with Crippen LogP contribution >= 0.6 is 0 Å². The Bertz CT molecular complexity index is 766. The molecule has 0 saturated carbocycles. The summed E-state index contributed by atoms with van der Waals surface area (Å²) in [5.74, 6) is 1.09. The number of hydrogen-bond acceptors (Lipinski definition) is 4. The van der Waals surface area contributed by atoms with Crippen molar-refractivity contribution in [2.24, 2.45) is 4.99 Å². The minimum atomic E-state index is -3.06. The first-order valence-corrected chi connectivity index (χ1v) is 11.3. The molecule has 1 N–H and O–H groups in total. The van der Waals surface area contributed by atoms with Crippen molar-refractivity contribution in [1.82, 2.24) is 14.5 Å². The predicted octanol–water partition coefficient (Wildman–Crippen LogP) is 1.37. The Morgan fingerprint density at radius 3 is 2.85 bits per heavy atom. The van der Waals surface area contributed by atoms with E-state index in [-0.39, 0.29) is 11.9 Å². The minimum Gasteiger partial charge on any atom is -0.370 e. The molecule has 1 unspecified atom stereocenters. The number of morpholine rings is 1. The maximum Gasteiger partial charge on any atom is 0.214 e. The lowest BCUT2D eigenvalue weighted by Crippen LogP contribution is -2.48. The molecule has 1 aromatic rings. The summed E-state index contributed by atoms with van der Waals surface area (Å²) in [6.07, 6.45) is 0.732. The number of hydrogen-bond donors (Lipinski definition) is 1. The Labute approximate surface area is 162 Å². The van der Waals surface area contributed by atoms with E-state index in [2.05, 4.69) is 34.3 Å². The molecule has 0 spiro atoms. The molecule has 150 valence electrons. The smallest absolute Gasteiger partial charge is 0.214 e. The third-order valence-corrected chi connectivity index (χ3v) is 7.01. The Morgan fingerprint density at radius 1 is 1.33 bits per heavy atom. The molecule has 2 aliphatic heterocycles. The Hall–Kier alpha value is -1.64. The van der Waals surface area contributed by atoms with E-state index in [4.69, 9.17) is 4.74 Å². The van der Waals surface area contributed by atoms with Crippen LogP contribution in [0.1, 0.15) is 30.6 Å². The van der Waals surface area contributed by atoms with Crippen molar-refractivity contribution >= 4 is 16.0 Å². The van der Waals surface area contributed by atoms with Gasteiger partial charge in [0.15, 0.2) is 5.96 Å². The molecule has 0 aromatic heterocycles. The second-order valence-electron chi connectivity index (χ2n) is 6.97.